The summed E-state index contributed by atoms with van der Waals surface area (Å²) in [4.78, 5) is 0. The van der Waals surface area contributed by atoms with Gasteiger partial charge in [0.05, 0.1) is 0 Å². The van der Waals surface area contributed by atoms with Crippen LogP contribution < -0.4 is 10.1 Å². The standard InChI is InChI=1S/C9H9BrFNO/c10-7-3-6-5-12-1-2-13-9(6)8(11)4-7/h3-4,12H,1-2,5H2. The fourth-order valence-electron chi connectivity index (χ4n) is 1.35. The van der Waals surface area contributed by atoms with Gasteiger partial charge in [-0.1, -0.05) is 15.9 Å². The van der Waals surface area contributed by atoms with Gasteiger partial charge in [0.15, 0.2) is 11.6 Å². The molecule has 0 aromatic heterocycles. The molecule has 0 bridgehead atoms. The van der Waals surface area contributed by atoms with Crippen molar-refractivity contribution in [2.75, 3.05) is 13.2 Å². The Morgan fingerprint density at radius 2 is 2.31 bits per heavy atom. The largest absolute Gasteiger partial charge is 0.489 e. The van der Waals surface area contributed by atoms with Crippen LogP contribution >= 0.6 is 15.9 Å². The molecule has 2 rings (SSSR count). The van der Waals surface area contributed by atoms with Crippen molar-refractivity contribution in [1.82, 2.24) is 5.32 Å². The smallest absolute Gasteiger partial charge is 0.166 e. The summed E-state index contributed by atoms with van der Waals surface area (Å²) >= 11 is 3.24. The van der Waals surface area contributed by atoms with Crippen molar-refractivity contribution >= 4 is 15.9 Å². The third kappa shape index (κ3) is 1.84. The van der Waals surface area contributed by atoms with Crippen LogP contribution in [0.1, 0.15) is 5.56 Å². The van der Waals surface area contributed by atoms with Gasteiger partial charge in [0.1, 0.15) is 6.61 Å². The Labute approximate surface area is 84.2 Å². The SMILES string of the molecule is Fc1cc(Br)cc2c1OCCNC2. The van der Waals surface area contributed by atoms with Crippen LogP contribution in [0, 0.1) is 5.82 Å². The number of ether oxygens (including phenoxy) is 1. The zero-order chi connectivity index (χ0) is 9.26. The average Bonchev–Trinajstić information content (AvgIpc) is 2.28. The number of rotatable bonds is 0. The molecule has 0 saturated carbocycles. The molecular weight excluding hydrogens is 237 g/mol. The minimum Gasteiger partial charge on any atom is -0.489 e. The van der Waals surface area contributed by atoms with E-state index in [0.29, 0.717) is 18.9 Å². The Bertz CT molecular complexity index is 330. The summed E-state index contributed by atoms with van der Waals surface area (Å²) in [6.07, 6.45) is 0. The van der Waals surface area contributed by atoms with Gasteiger partial charge in [-0.15, -0.1) is 0 Å². The highest BCUT2D eigenvalue weighted by Gasteiger charge is 2.13. The van der Waals surface area contributed by atoms with Gasteiger partial charge in [-0.25, -0.2) is 4.39 Å². The molecule has 2 nitrogen and oxygen atoms in total. The molecule has 1 aliphatic heterocycles. The first-order chi connectivity index (χ1) is 6.27. The van der Waals surface area contributed by atoms with Crippen molar-refractivity contribution in [1.29, 1.82) is 0 Å². The van der Waals surface area contributed by atoms with Gasteiger partial charge in [0, 0.05) is 23.1 Å². The molecule has 0 spiro atoms. The van der Waals surface area contributed by atoms with Crippen LogP contribution in [-0.2, 0) is 6.54 Å². The number of benzene rings is 1. The van der Waals surface area contributed by atoms with E-state index in [9.17, 15) is 4.39 Å². The highest BCUT2D eigenvalue weighted by Crippen LogP contribution is 2.28. The van der Waals surface area contributed by atoms with Crippen molar-refractivity contribution in [3.63, 3.8) is 0 Å². The second-order valence-corrected chi connectivity index (χ2v) is 3.82. The van der Waals surface area contributed by atoms with E-state index in [1.807, 2.05) is 6.07 Å². The van der Waals surface area contributed by atoms with Crippen LogP contribution in [0.15, 0.2) is 16.6 Å². The molecule has 1 aromatic carbocycles. The zero-order valence-electron chi connectivity index (χ0n) is 6.94. The van der Waals surface area contributed by atoms with Crippen LogP contribution in [0.25, 0.3) is 0 Å². The van der Waals surface area contributed by atoms with Crippen LogP contribution in [0.4, 0.5) is 4.39 Å². The van der Waals surface area contributed by atoms with E-state index >= 15 is 0 Å². The van der Waals surface area contributed by atoms with Crippen LogP contribution in [-0.4, -0.2) is 13.2 Å². The first-order valence-electron chi connectivity index (χ1n) is 4.09. The summed E-state index contributed by atoms with van der Waals surface area (Å²) in [7, 11) is 0. The van der Waals surface area contributed by atoms with Gasteiger partial charge in [-0.3, -0.25) is 0 Å². The summed E-state index contributed by atoms with van der Waals surface area (Å²) in [5.41, 5.74) is 0.865. The lowest BCUT2D eigenvalue weighted by Crippen LogP contribution is -2.16. The van der Waals surface area contributed by atoms with Gasteiger partial charge in [0.2, 0.25) is 0 Å². The fourth-order valence-corrected chi connectivity index (χ4v) is 1.83. The van der Waals surface area contributed by atoms with E-state index in [0.717, 1.165) is 16.6 Å². The summed E-state index contributed by atoms with van der Waals surface area (Å²) in [6, 6.07) is 3.29. The van der Waals surface area contributed by atoms with Gasteiger partial charge >= 0.3 is 0 Å². The Balaban J connectivity index is 2.47. The Kier molecular flexibility index (Phi) is 2.51. The lowest BCUT2D eigenvalue weighted by Gasteiger charge is -2.07. The molecule has 1 aromatic rings. The topological polar surface area (TPSA) is 21.3 Å². The number of hydrogen-bond donors (Lipinski definition) is 1. The normalized spacial score (nSPS) is 15.8. The lowest BCUT2D eigenvalue weighted by atomic mass is 10.2. The number of nitrogens with one attached hydrogen (secondary N) is 1. The molecule has 0 unspecified atom stereocenters. The predicted molar refractivity (Wildman–Crippen MR) is 51.3 cm³/mol. The zero-order valence-corrected chi connectivity index (χ0v) is 8.53. The van der Waals surface area contributed by atoms with E-state index < -0.39 is 0 Å². The third-order valence-electron chi connectivity index (χ3n) is 1.93. The molecule has 13 heavy (non-hydrogen) atoms. The molecule has 0 atom stereocenters. The van der Waals surface area contributed by atoms with Crippen molar-refractivity contribution in [3.8, 4) is 5.75 Å². The maximum atomic E-state index is 13.3. The monoisotopic (exact) mass is 245 g/mol. The lowest BCUT2D eigenvalue weighted by molar-refractivity contribution is 0.309. The molecule has 70 valence electrons. The Morgan fingerprint density at radius 3 is 3.15 bits per heavy atom. The average molecular weight is 246 g/mol. The molecule has 1 N–H and O–H groups in total. The molecule has 0 aliphatic carbocycles. The summed E-state index contributed by atoms with van der Waals surface area (Å²) < 4.78 is 19.4. The van der Waals surface area contributed by atoms with Gasteiger partial charge < -0.3 is 10.1 Å². The number of fused-ring (bicyclic) bond motifs is 1. The first kappa shape index (κ1) is 8.97. The molecule has 1 heterocycles. The molecular formula is C9H9BrFNO. The van der Waals surface area contributed by atoms with Gasteiger partial charge in [0.25, 0.3) is 0 Å². The minimum atomic E-state index is -0.298. The van der Waals surface area contributed by atoms with Crippen molar-refractivity contribution in [3.05, 3.63) is 28.0 Å². The Morgan fingerprint density at radius 1 is 1.46 bits per heavy atom. The molecule has 1 aliphatic rings. The maximum absolute atomic E-state index is 13.3. The third-order valence-corrected chi connectivity index (χ3v) is 2.38. The maximum Gasteiger partial charge on any atom is 0.166 e. The quantitative estimate of drug-likeness (QED) is 0.756. The second kappa shape index (κ2) is 3.64. The van der Waals surface area contributed by atoms with E-state index in [2.05, 4.69) is 21.2 Å². The van der Waals surface area contributed by atoms with Crippen molar-refractivity contribution < 1.29 is 9.13 Å². The van der Waals surface area contributed by atoms with E-state index in [1.54, 1.807) is 0 Å². The molecule has 4 heteroatoms. The minimum absolute atomic E-state index is 0.298. The fraction of sp³-hybridized carbons (Fsp3) is 0.333. The molecule has 0 radical (unpaired) electrons. The summed E-state index contributed by atoms with van der Waals surface area (Å²) in [5, 5.41) is 3.15. The Hall–Kier alpha value is -0.610. The van der Waals surface area contributed by atoms with Crippen molar-refractivity contribution in [2.45, 2.75) is 6.54 Å². The van der Waals surface area contributed by atoms with E-state index in [4.69, 9.17) is 4.74 Å². The first-order valence-corrected chi connectivity index (χ1v) is 4.88. The summed E-state index contributed by atoms with van der Waals surface area (Å²) in [5.74, 6) is 0.0845. The molecule has 0 amide bonds. The van der Waals surface area contributed by atoms with Crippen molar-refractivity contribution in [2.24, 2.45) is 0 Å². The van der Waals surface area contributed by atoms with E-state index in [-0.39, 0.29) is 5.82 Å². The predicted octanol–water partition coefficient (Wildman–Crippen LogP) is 2.07. The highest BCUT2D eigenvalue weighted by molar-refractivity contribution is 9.10. The van der Waals surface area contributed by atoms with Crippen LogP contribution in [0.2, 0.25) is 0 Å². The molecule has 0 fully saturated rings. The van der Waals surface area contributed by atoms with Crippen LogP contribution in [0.5, 0.6) is 5.75 Å². The second-order valence-electron chi connectivity index (χ2n) is 2.90. The summed E-state index contributed by atoms with van der Waals surface area (Å²) in [6.45, 7) is 1.93. The number of halogens is 2. The van der Waals surface area contributed by atoms with Gasteiger partial charge in [-0.05, 0) is 12.1 Å². The van der Waals surface area contributed by atoms with Crippen LogP contribution in [0.3, 0.4) is 0 Å². The molecule has 0 saturated heterocycles. The number of hydrogen-bond acceptors (Lipinski definition) is 2. The van der Waals surface area contributed by atoms with E-state index in [1.165, 1.54) is 6.07 Å². The van der Waals surface area contributed by atoms with Gasteiger partial charge in [-0.2, -0.15) is 0 Å². The highest BCUT2D eigenvalue weighted by atomic mass is 79.9.